The molecule has 35 heavy (non-hydrogen) atoms. The number of pyridine rings is 1. The highest BCUT2D eigenvalue weighted by Crippen LogP contribution is 2.24. The van der Waals surface area contributed by atoms with Crippen LogP contribution >= 0.6 is 0 Å². The van der Waals surface area contributed by atoms with Crippen molar-refractivity contribution in [1.82, 2.24) is 20.9 Å². The number of hydrogen-bond donors (Lipinski definition) is 4. The molecule has 3 atom stereocenters. The van der Waals surface area contributed by atoms with Crippen LogP contribution < -0.4 is 26.6 Å². The van der Waals surface area contributed by atoms with Gasteiger partial charge in [0.05, 0.1) is 6.04 Å². The van der Waals surface area contributed by atoms with Gasteiger partial charge in [0.1, 0.15) is 11.9 Å². The third-order valence-corrected chi connectivity index (χ3v) is 6.81. The van der Waals surface area contributed by atoms with Crippen LogP contribution in [0.15, 0.2) is 36.4 Å². The third kappa shape index (κ3) is 6.16. The molecule has 3 heterocycles. The van der Waals surface area contributed by atoms with E-state index in [4.69, 9.17) is 5.73 Å². The molecule has 0 aliphatic carbocycles. The van der Waals surface area contributed by atoms with Crippen molar-refractivity contribution < 1.29 is 14.4 Å². The van der Waals surface area contributed by atoms with Crippen LogP contribution in [0.2, 0.25) is 0 Å². The second-order valence-corrected chi connectivity index (χ2v) is 9.51. The number of benzene rings is 1. The van der Waals surface area contributed by atoms with Gasteiger partial charge in [0, 0.05) is 30.9 Å². The minimum atomic E-state index is -0.647. The van der Waals surface area contributed by atoms with Gasteiger partial charge >= 0.3 is 0 Å². The Morgan fingerprint density at radius 2 is 2.00 bits per heavy atom. The van der Waals surface area contributed by atoms with E-state index in [0.717, 1.165) is 42.9 Å². The van der Waals surface area contributed by atoms with Crippen molar-refractivity contribution >= 4 is 29.2 Å². The van der Waals surface area contributed by atoms with E-state index < -0.39 is 6.04 Å². The molecule has 0 spiro atoms. The molecular weight excluding hydrogens is 444 g/mol. The van der Waals surface area contributed by atoms with Gasteiger partial charge in [0.15, 0.2) is 0 Å². The second-order valence-electron chi connectivity index (χ2n) is 9.51. The van der Waals surface area contributed by atoms with Crippen molar-refractivity contribution in [3.05, 3.63) is 53.2 Å². The number of carbonyl (C=O) groups excluding carboxylic acids is 3. The van der Waals surface area contributed by atoms with Crippen LogP contribution in [0.25, 0.3) is 0 Å². The smallest absolute Gasteiger partial charge is 0.242 e. The van der Waals surface area contributed by atoms with Crippen LogP contribution in [-0.4, -0.2) is 47.9 Å². The van der Waals surface area contributed by atoms with Crippen molar-refractivity contribution in [3.63, 3.8) is 0 Å². The number of nitrogen functional groups attached to an aromatic ring is 1. The summed E-state index contributed by atoms with van der Waals surface area (Å²) in [4.78, 5) is 43.2. The number of aryl methyl sites for hydroxylation is 1. The van der Waals surface area contributed by atoms with Gasteiger partial charge in [-0.15, -0.1) is 0 Å². The molecule has 2 aliphatic rings. The van der Waals surface area contributed by atoms with Crippen LogP contribution in [0.4, 0.5) is 11.5 Å². The second kappa shape index (κ2) is 10.9. The number of rotatable bonds is 8. The molecule has 186 valence electrons. The fourth-order valence-corrected chi connectivity index (χ4v) is 4.74. The molecule has 0 radical (unpaired) electrons. The summed E-state index contributed by atoms with van der Waals surface area (Å²) in [6, 6.07) is 10.7. The number of carbonyl (C=O) groups is 3. The third-order valence-electron chi connectivity index (χ3n) is 6.81. The molecule has 4 rings (SSSR count). The van der Waals surface area contributed by atoms with E-state index in [9.17, 15) is 14.4 Å². The monoisotopic (exact) mass is 478 g/mol. The van der Waals surface area contributed by atoms with Gasteiger partial charge in [-0.1, -0.05) is 18.2 Å². The molecule has 1 aromatic carbocycles. The summed E-state index contributed by atoms with van der Waals surface area (Å²) in [5.74, 6) is 0.544. The molecule has 2 fully saturated rings. The fourth-order valence-electron chi connectivity index (χ4n) is 4.74. The van der Waals surface area contributed by atoms with Gasteiger partial charge in [-0.3, -0.25) is 14.4 Å². The van der Waals surface area contributed by atoms with Crippen molar-refractivity contribution in [2.45, 2.75) is 58.2 Å². The minimum absolute atomic E-state index is 0.164. The molecule has 2 aromatic rings. The number of anilines is 2. The van der Waals surface area contributed by atoms with Gasteiger partial charge < -0.3 is 26.6 Å². The van der Waals surface area contributed by atoms with E-state index in [-0.39, 0.29) is 23.8 Å². The average Bonchev–Trinajstić information content (AvgIpc) is 3.48. The summed E-state index contributed by atoms with van der Waals surface area (Å²) in [6.07, 6.45) is 3.11. The maximum atomic E-state index is 12.7. The average molecular weight is 479 g/mol. The largest absolute Gasteiger partial charge is 0.384 e. The zero-order valence-electron chi connectivity index (χ0n) is 20.3. The van der Waals surface area contributed by atoms with Gasteiger partial charge in [-0.25, -0.2) is 4.98 Å². The Labute approximate surface area is 205 Å². The van der Waals surface area contributed by atoms with Gasteiger partial charge in [-0.2, -0.15) is 0 Å². The van der Waals surface area contributed by atoms with E-state index in [1.165, 1.54) is 5.56 Å². The fraction of sp³-hybridized carbons (Fsp3) is 0.462. The Kier molecular flexibility index (Phi) is 7.65. The minimum Gasteiger partial charge on any atom is -0.384 e. The lowest BCUT2D eigenvalue weighted by atomic mass is 9.96. The summed E-state index contributed by atoms with van der Waals surface area (Å²) in [7, 11) is 0. The topological polar surface area (TPSA) is 129 Å². The Balaban J connectivity index is 1.22. The van der Waals surface area contributed by atoms with Gasteiger partial charge in [-0.05, 0) is 74.9 Å². The number of nitrogens with one attached hydrogen (secondary N) is 3. The molecular formula is C26H34N6O3. The zero-order valence-corrected chi connectivity index (χ0v) is 20.3. The highest BCUT2D eigenvalue weighted by Gasteiger charge is 2.31. The molecule has 0 unspecified atom stereocenters. The first-order valence-electron chi connectivity index (χ1n) is 12.2. The zero-order chi connectivity index (χ0) is 24.9. The van der Waals surface area contributed by atoms with Crippen LogP contribution in [0.3, 0.4) is 0 Å². The molecule has 2 aliphatic heterocycles. The summed E-state index contributed by atoms with van der Waals surface area (Å²) in [5.41, 5.74) is 9.46. The summed E-state index contributed by atoms with van der Waals surface area (Å²) >= 11 is 0. The normalized spacial score (nSPS) is 20.6. The molecule has 0 bridgehead atoms. The number of aromatic nitrogens is 1. The lowest BCUT2D eigenvalue weighted by Crippen LogP contribution is -2.50. The predicted molar refractivity (Wildman–Crippen MR) is 134 cm³/mol. The molecule has 5 N–H and O–H groups in total. The van der Waals surface area contributed by atoms with Crippen molar-refractivity contribution in [3.8, 4) is 0 Å². The van der Waals surface area contributed by atoms with E-state index in [1.54, 1.807) is 13.0 Å². The van der Waals surface area contributed by atoms with Gasteiger partial charge in [0.25, 0.3) is 0 Å². The number of nitrogens with zero attached hydrogens (tertiary/aromatic N) is 2. The lowest BCUT2D eigenvalue weighted by molar-refractivity contribution is -0.129. The Hall–Kier alpha value is -3.46. The van der Waals surface area contributed by atoms with E-state index in [0.29, 0.717) is 31.1 Å². The van der Waals surface area contributed by atoms with Crippen molar-refractivity contribution in [2.75, 3.05) is 23.7 Å². The standard InChI is InChI=1S/C26H34N6O3/c1-16-20(7-10-23(27)30-16)15-29-25(34)17(2)31-26(35)22-13-19(14-28-22)12-18-5-8-21(9-6-18)32-11-3-4-24(32)33/h5-10,17,19,22,28H,3-4,11-15H2,1-2H3,(H2,27,30)(H,29,34)(H,31,35)/t17-,19-,22+/m0/s1. The van der Waals surface area contributed by atoms with E-state index in [2.05, 4.69) is 33.1 Å². The number of nitrogens with two attached hydrogens (primary N) is 1. The predicted octanol–water partition coefficient (Wildman–Crippen LogP) is 1.44. The number of amides is 3. The Bertz CT molecular complexity index is 1090. The van der Waals surface area contributed by atoms with Gasteiger partial charge in [0.2, 0.25) is 17.7 Å². The van der Waals surface area contributed by atoms with E-state index in [1.807, 2.05) is 30.0 Å². The number of hydrogen-bond acceptors (Lipinski definition) is 6. The van der Waals surface area contributed by atoms with Crippen LogP contribution in [0.1, 0.15) is 43.0 Å². The Morgan fingerprint density at radius 3 is 2.69 bits per heavy atom. The van der Waals surface area contributed by atoms with E-state index >= 15 is 0 Å². The quantitative estimate of drug-likeness (QED) is 0.454. The van der Waals surface area contributed by atoms with Crippen molar-refractivity contribution in [2.24, 2.45) is 5.92 Å². The molecule has 3 amide bonds. The first-order chi connectivity index (χ1) is 16.8. The summed E-state index contributed by atoms with van der Waals surface area (Å²) in [5, 5.41) is 8.95. The van der Waals surface area contributed by atoms with Crippen LogP contribution in [-0.2, 0) is 27.3 Å². The summed E-state index contributed by atoms with van der Waals surface area (Å²) in [6.45, 7) is 5.38. The molecule has 2 saturated heterocycles. The highest BCUT2D eigenvalue weighted by molar-refractivity contribution is 5.95. The maximum absolute atomic E-state index is 12.7. The van der Waals surface area contributed by atoms with Crippen molar-refractivity contribution in [1.29, 1.82) is 0 Å². The molecule has 0 saturated carbocycles. The van der Waals surface area contributed by atoms with Crippen LogP contribution in [0, 0.1) is 12.8 Å². The first kappa shape index (κ1) is 24.7. The molecule has 1 aromatic heterocycles. The molecule has 9 heteroatoms. The summed E-state index contributed by atoms with van der Waals surface area (Å²) < 4.78 is 0. The maximum Gasteiger partial charge on any atom is 0.242 e. The Morgan fingerprint density at radius 1 is 1.23 bits per heavy atom. The highest BCUT2D eigenvalue weighted by atomic mass is 16.2. The SMILES string of the molecule is Cc1nc(N)ccc1CNC(=O)[C@H](C)NC(=O)[C@H]1C[C@H](Cc2ccc(N3CCCC3=O)cc2)CN1. The first-order valence-corrected chi connectivity index (χ1v) is 12.2. The molecule has 9 nitrogen and oxygen atoms in total. The lowest BCUT2D eigenvalue weighted by Gasteiger charge is -2.18. The van der Waals surface area contributed by atoms with Crippen LogP contribution in [0.5, 0.6) is 0 Å².